The van der Waals surface area contributed by atoms with E-state index < -0.39 is 5.97 Å². The Labute approximate surface area is 169 Å². The molecule has 0 aromatic heterocycles. The Bertz CT molecular complexity index is 904. The Morgan fingerprint density at radius 3 is 2.55 bits per heavy atom. The summed E-state index contributed by atoms with van der Waals surface area (Å²) in [6.07, 6.45) is 1.73. The first-order valence-corrected chi connectivity index (χ1v) is 9.43. The molecule has 7 heteroatoms. The maximum absolute atomic E-state index is 12.0. The molecule has 0 amide bonds. The van der Waals surface area contributed by atoms with Crippen LogP contribution in [0.5, 0.6) is 17.2 Å². The molecule has 1 aliphatic heterocycles. The first kappa shape index (κ1) is 20.5. The summed E-state index contributed by atoms with van der Waals surface area (Å²) in [4.78, 5) is 24.0. The summed E-state index contributed by atoms with van der Waals surface area (Å²) >= 11 is 0. The van der Waals surface area contributed by atoms with Crippen LogP contribution in [0.4, 0.5) is 0 Å². The minimum Gasteiger partial charge on any atom is -0.493 e. The fraction of sp³-hybridized carbons (Fsp3) is 0.364. The maximum Gasteiger partial charge on any atom is 0.344 e. The Balaban J connectivity index is 1.98. The summed E-state index contributed by atoms with van der Waals surface area (Å²) in [5.41, 5.74) is 2.71. The van der Waals surface area contributed by atoms with Gasteiger partial charge in [0.1, 0.15) is 6.61 Å². The molecule has 0 N–H and O–H groups in total. The lowest BCUT2D eigenvalue weighted by molar-refractivity contribution is -0.146. The van der Waals surface area contributed by atoms with E-state index in [4.69, 9.17) is 23.7 Å². The van der Waals surface area contributed by atoms with Crippen molar-refractivity contribution in [3.05, 3.63) is 41.5 Å². The first-order valence-electron chi connectivity index (χ1n) is 9.43. The molecule has 0 atom stereocenters. The second-order valence-corrected chi connectivity index (χ2v) is 6.45. The molecule has 0 radical (unpaired) electrons. The molecule has 3 rings (SSSR count). The van der Waals surface area contributed by atoms with Gasteiger partial charge in [-0.15, -0.1) is 0 Å². The van der Waals surface area contributed by atoms with Gasteiger partial charge >= 0.3 is 11.9 Å². The molecule has 2 aromatic rings. The lowest BCUT2D eigenvalue weighted by Gasteiger charge is -2.18. The molecule has 0 aliphatic carbocycles. The van der Waals surface area contributed by atoms with Gasteiger partial charge in [-0.25, -0.2) is 9.59 Å². The molecule has 7 nitrogen and oxygen atoms in total. The predicted molar refractivity (Wildman–Crippen MR) is 105 cm³/mol. The molecule has 1 heterocycles. The molecule has 2 aromatic carbocycles. The zero-order chi connectivity index (χ0) is 20.8. The van der Waals surface area contributed by atoms with Crippen LogP contribution in [0.3, 0.4) is 0 Å². The van der Waals surface area contributed by atoms with Crippen molar-refractivity contribution >= 4 is 11.9 Å². The zero-order valence-corrected chi connectivity index (χ0v) is 16.8. The molecule has 1 aliphatic rings. The van der Waals surface area contributed by atoms with Gasteiger partial charge in [0.2, 0.25) is 5.75 Å². The number of hydrogen-bond donors (Lipinski definition) is 0. The number of ether oxygens (including phenoxy) is 5. The van der Waals surface area contributed by atoms with E-state index in [2.05, 4.69) is 0 Å². The number of cyclic esters (lactones) is 1. The largest absolute Gasteiger partial charge is 0.493 e. The highest BCUT2D eigenvalue weighted by atomic mass is 16.6. The van der Waals surface area contributed by atoms with Gasteiger partial charge in [-0.05, 0) is 30.2 Å². The molecular weight excluding hydrogens is 376 g/mol. The lowest BCUT2D eigenvalue weighted by atomic mass is 9.95. The van der Waals surface area contributed by atoms with Crippen LogP contribution in [0.2, 0.25) is 0 Å². The summed E-state index contributed by atoms with van der Waals surface area (Å²) in [5, 5.41) is 0. The average Bonchev–Trinajstić information content (AvgIpc) is 3.12. The fourth-order valence-electron chi connectivity index (χ4n) is 3.16. The number of rotatable bonds is 9. The van der Waals surface area contributed by atoms with Crippen molar-refractivity contribution in [3.63, 3.8) is 0 Å². The highest BCUT2D eigenvalue weighted by Crippen LogP contribution is 2.46. The van der Waals surface area contributed by atoms with E-state index in [0.29, 0.717) is 35.0 Å². The SMILES string of the molecule is CCCCOC(=O)COc1c(-c2cccc3c2COC3=O)ccc(OC)c1OC. The monoisotopic (exact) mass is 400 g/mol. The Hall–Kier alpha value is -3.22. The van der Waals surface area contributed by atoms with Gasteiger partial charge in [-0.1, -0.05) is 25.5 Å². The summed E-state index contributed by atoms with van der Waals surface area (Å²) in [6, 6.07) is 8.92. The topological polar surface area (TPSA) is 80.3 Å². The van der Waals surface area contributed by atoms with E-state index >= 15 is 0 Å². The van der Waals surface area contributed by atoms with Crippen LogP contribution in [0.15, 0.2) is 30.3 Å². The van der Waals surface area contributed by atoms with Crippen molar-refractivity contribution in [2.24, 2.45) is 0 Å². The van der Waals surface area contributed by atoms with Gasteiger partial charge in [0.25, 0.3) is 0 Å². The third-order valence-corrected chi connectivity index (χ3v) is 4.63. The van der Waals surface area contributed by atoms with Crippen molar-refractivity contribution in [3.8, 4) is 28.4 Å². The second kappa shape index (κ2) is 9.32. The van der Waals surface area contributed by atoms with Crippen molar-refractivity contribution < 1.29 is 33.3 Å². The van der Waals surface area contributed by atoms with Crippen LogP contribution in [0.25, 0.3) is 11.1 Å². The van der Waals surface area contributed by atoms with Crippen LogP contribution in [0, 0.1) is 0 Å². The van der Waals surface area contributed by atoms with Crippen LogP contribution in [-0.2, 0) is 20.9 Å². The second-order valence-electron chi connectivity index (χ2n) is 6.45. The van der Waals surface area contributed by atoms with E-state index in [1.54, 1.807) is 24.3 Å². The maximum atomic E-state index is 12.0. The third-order valence-electron chi connectivity index (χ3n) is 4.63. The molecule has 0 saturated heterocycles. The number of fused-ring (bicyclic) bond motifs is 1. The minimum absolute atomic E-state index is 0.178. The predicted octanol–water partition coefficient (Wildman–Crippen LogP) is 3.76. The molecule has 0 bridgehead atoms. The normalized spacial score (nSPS) is 12.2. The van der Waals surface area contributed by atoms with Crippen molar-refractivity contribution in [2.45, 2.75) is 26.4 Å². The van der Waals surface area contributed by atoms with Crippen molar-refractivity contribution in [1.29, 1.82) is 0 Å². The summed E-state index contributed by atoms with van der Waals surface area (Å²) in [5.74, 6) is 0.335. The van der Waals surface area contributed by atoms with Crippen molar-refractivity contribution in [2.75, 3.05) is 27.4 Å². The van der Waals surface area contributed by atoms with Gasteiger partial charge in [0.15, 0.2) is 18.1 Å². The number of carbonyl (C=O) groups excluding carboxylic acids is 2. The number of hydrogen-bond acceptors (Lipinski definition) is 7. The van der Waals surface area contributed by atoms with Crippen LogP contribution >= 0.6 is 0 Å². The number of benzene rings is 2. The van der Waals surface area contributed by atoms with Gasteiger partial charge < -0.3 is 23.7 Å². The first-order chi connectivity index (χ1) is 14.1. The number of unbranched alkanes of at least 4 members (excludes halogenated alkanes) is 1. The molecule has 29 heavy (non-hydrogen) atoms. The molecule has 0 saturated carbocycles. The van der Waals surface area contributed by atoms with E-state index in [1.165, 1.54) is 14.2 Å². The minimum atomic E-state index is -0.467. The number of carbonyl (C=O) groups is 2. The molecule has 0 unspecified atom stereocenters. The standard InChI is InChI=1S/C22H24O7/c1-4-5-11-27-19(23)13-28-20-15(9-10-18(25-2)21(20)26-3)14-7-6-8-16-17(14)12-29-22(16)24/h6-10H,4-5,11-13H2,1-3H3. The van der Waals surface area contributed by atoms with E-state index in [1.807, 2.05) is 13.0 Å². The Morgan fingerprint density at radius 1 is 1.03 bits per heavy atom. The average molecular weight is 400 g/mol. The summed E-state index contributed by atoms with van der Waals surface area (Å²) in [6.45, 7) is 2.28. The Morgan fingerprint density at radius 2 is 1.83 bits per heavy atom. The lowest BCUT2D eigenvalue weighted by Crippen LogP contribution is -2.16. The van der Waals surface area contributed by atoms with E-state index in [0.717, 1.165) is 24.0 Å². The number of esters is 2. The van der Waals surface area contributed by atoms with Gasteiger partial charge in [0.05, 0.1) is 26.4 Å². The van der Waals surface area contributed by atoms with Gasteiger partial charge in [-0.3, -0.25) is 0 Å². The van der Waals surface area contributed by atoms with E-state index in [-0.39, 0.29) is 19.2 Å². The molecule has 0 spiro atoms. The summed E-state index contributed by atoms with van der Waals surface area (Å²) in [7, 11) is 3.02. The summed E-state index contributed by atoms with van der Waals surface area (Å²) < 4.78 is 27.0. The number of methoxy groups -OCH3 is 2. The van der Waals surface area contributed by atoms with Gasteiger partial charge in [-0.2, -0.15) is 0 Å². The van der Waals surface area contributed by atoms with Crippen LogP contribution in [0.1, 0.15) is 35.7 Å². The highest BCUT2D eigenvalue weighted by Gasteiger charge is 2.27. The highest BCUT2D eigenvalue weighted by molar-refractivity contribution is 5.96. The third kappa shape index (κ3) is 4.29. The van der Waals surface area contributed by atoms with E-state index in [9.17, 15) is 9.59 Å². The van der Waals surface area contributed by atoms with Crippen LogP contribution in [-0.4, -0.2) is 39.4 Å². The molecule has 0 fully saturated rings. The van der Waals surface area contributed by atoms with Crippen LogP contribution < -0.4 is 14.2 Å². The molecular formula is C22H24O7. The Kier molecular flexibility index (Phi) is 6.59. The smallest absolute Gasteiger partial charge is 0.344 e. The van der Waals surface area contributed by atoms with Gasteiger partial charge in [0, 0.05) is 11.1 Å². The van der Waals surface area contributed by atoms with Crippen molar-refractivity contribution in [1.82, 2.24) is 0 Å². The zero-order valence-electron chi connectivity index (χ0n) is 16.8. The molecule has 154 valence electrons. The quantitative estimate of drug-likeness (QED) is 0.468. The fourth-order valence-corrected chi connectivity index (χ4v) is 3.16.